The minimum Gasteiger partial charge on any atom is -0.497 e. The Labute approximate surface area is 145 Å². The zero-order chi connectivity index (χ0) is 16.1. The average Bonchev–Trinajstić information content (AvgIpc) is 2.93. The van der Waals surface area contributed by atoms with E-state index in [1.807, 2.05) is 24.3 Å². The molecule has 1 heterocycles. The molecular formula is C15H21ClN4O2S. The van der Waals surface area contributed by atoms with E-state index in [4.69, 9.17) is 10.5 Å². The van der Waals surface area contributed by atoms with Crippen molar-refractivity contribution in [2.24, 2.45) is 11.7 Å². The van der Waals surface area contributed by atoms with E-state index in [0.29, 0.717) is 11.6 Å². The smallest absolute Gasteiger partial charge is 0.230 e. The summed E-state index contributed by atoms with van der Waals surface area (Å²) in [6.07, 6.45) is 0.646. The molecule has 0 spiro atoms. The predicted molar refractivity (Wildman–Crippen MR) is 94.4 cm³/mol. The van der Waals surface area contributed by atoms with Gasteiger partial charge in [0.1, 0.15) is 10.8 Å². The summed E-state index contributed by atoms with van der Waals surface area (Å²) in [7, 11) is 1.64. The summed E-state index contributed by atoms with van der Waals surface area (Å²) in [6, 6.07) is 7.58. The van der Waals surface area contributed by atoms with Gasteiger partial charge < -0.3 is 15.8 Å². The number of rotatable bonds is 6. The van der Waals surface area contributed by atoms with Crippen molar-refractivity contribution in [3.63, 3.8) is 0 Å². The van der Waals surface area contributed by atoms with Crippen LogP contribution in [0.4, 0.5) is 5.13 Å². The first-order valence-corrected chi connectivity index (χ1v) is 7.83. The third kappa shape index (κ3) is 5.46. The standard InChI is InChI=1S/C15H20N4O2S.ClH/c1-9(10(2)16)14(20)17-15-19-18-13(22-15)8-11-5-4-6-12(7-11)21-3;/h4-7,9-10H,8,16H2,1-3H3,(H,17,19,20);1H. The molecular weight excluding hydrogens is 336 g/mol. The van der Waals surface area contributed by atoms with E-state index in [2.05, 4.69) is 15.5 Å². The summed E-state index contributed by atoms with van der Waals surface area (Å²) in [6.45, 7) is 3.59. The van der Waals surface area contributed by atoms with Crippen LogP contribution < -0.4 is 15.8 Å². The van der Waals surface area contributed by atoms with Crippen LogP contribution in [0.3, 0.4) is 0 Å². The lowest BCUT2D eigenvalue weighted by atomic mass is 10.0. The van der Waals surface area contributed by atoms with Crippen LogP contribution >= 0.6 is 23.7 Å². The fourth-order valence-electron chi connectivity index (χ4n) is 1.79. The van der Waals surface area contributed by atoms with Gasteiger partial charge >= 0.3 is 0 Å². The average molecular weight is 357 g/mol. The zero-order valence-corrected chi connectivity index (χ0v) is 14.9. The Balaban J connectivity index is 0.00000264. The highest BCUT2D eigenvalue weighted by molar-refractivity contribution is 7.15. The molecule has 1 aromatic heterocycles. The largest absolute Gasteiger partial charge is 0.497 e. The molecule has 2 aromatic rings. The molecule has 0 aliphatic carbocycles. The number of nitrogens with two attached hydrogens (primary N) is 1. The number of ether oxygens (including phenoxy) is 1. The number of methoxy groups -OCH3 is 1. The second-order valence-electron chi connectivity index (χ2n) is 5.17. The van der Waals surface area contributed by atoms with Crippen molar-refractivity contribution in [1.82, 2.24) is 10.2 Å². The molecule has 0 radical (unpaired) electrons. The first-order chi connectivity index (χ1) is 10.5. The van der Waals surface area contributed by atoms with E-state index in [9.17, 15) is 4.79 Å². The van der Waals surface area contributed by atoms with Crippen LogP contribution in [-0.4, -0.2) is 29.3 Å². The molecule has 2 atom stereocenters. The van der Waals surface area contributed by atoms with Crippen molar-refractivity contribution in [3.05, 3.63) is 34.8 Å². The molecule has 2 rings (SSSR count). The first-order valence-electron chi connectivity index (χ1n) is 7.01. The van der Waals surface area contributed by atoms with Gasteiger partial charge in [-0.1, -0.05) is 30.4 Å². The Bertz CT molecular complexity index is 648. The number of carbonyl (C=O) groups excluding carboxylic acids is 1. The van der Waals surface area contributed by atoms with Gasteiger partial charge in [0.2, 0.25) is 11.0 Å². The number of anilines is 1. The predicted octanol–water partition coefficient (Wildman–Crippen LogP) is 2.48. The van der Waals surface area contributed by atoms with Crippen LogP contribution in [0.25, 0.3) is 0 Å². The monoisotopic (exact) mass is 356 g/mol. The van der Waals surface area contributed by atoms with Crippen molar-refractivity contribution in [2.75, 3.05) is 12.4 Å². The van der Waals surface area contributed by atoms with E-state index in [-0.39, 0.29) is 30.3 Å². The van der Waals surface area contributed by atoms with Crippen molar-refractivity contribution < 1.29 is 9.53 Å². The molecule has 23 heavy (non-hydrogen) atoms. The van der Waals surface area contributed by atoms with Gasteiger partial charge in [-0.15, -0.1) is 22.6 Å². The van der Waals surface area contributed by atoms with Gasteiger partial charge in [-0.2, -0.15) is 0 Å². The van der Waals surface area contributed by atoms with Crippen LogP contribution in [-0.2, 0) is 11.2 Å². The van der Waals surface area contributed by atoms with E-state index in [1.54, 1.807) is 21.0 Å². The number of benzene rings is 1. The number of halogens is 1. The second kappa shape index (κ2) is 8.81. The molecule has 126 valence electrons. The van der Waals surface area contributed by atoms with Gasteiger partial charge in [0.15, 0.2) is 0 Å². The third-order valence-electron chi connectivity index (χ3n) is 3.39. The van der Waals surface area contributed by atoms with Crippen LogP contribution in [0.2, 0.25) is 0 Å². The quantitative estimate of drug-likeness (QED) is 0.829. The summed E-state index contributed by atoms with van der Waals surface area (Å²) in [4.78, 5) is 11.9. The molecule has 0 saturated heterocycles. The van der Waals surface area contributed by atoms with Gasteiger partial charge in [-0.25, -0.2) is 0 Å². The minimum atomic E-state index is -0.272. The number of nitrogens with zero attached hydrogens (tertiary/aromatic N) is 2. The molecule has 1 amide bonds. The lowest BCUT2D eigenvalue weighted by Gasteiger charge is -2.13. The molecule has 0 saturated carbocycles. The number of nitrogens with one attached hydrogen (secondary N) is 1. The van der Waals surface area contributed by atoms with Gasteiger partial charge in [-0.3, -0.25) is 4.79 Å². The highest BCUT2D eigenvalue weighted by atomic mass is 35.5. The lowest BCUT2D eigenvalue weighted by molar-refractivity contribution is -0.119. The van der Waals surface area contributed by atoms with Crippen LogP contribution in [0, 0.1) is 5.92 Å². The molecule has 0 aliphatic heterocycles. The summed E-state index contributed by atoms with van der Waals surface area (Å²) in [5.74, 6) is 0.395. The minimum absolute atomic E-state index is 0. The number of amides is 1. The summed E-state index contributed by atoms with van der Waals surface area (Å²) in [5, 5.41) is 12.2. The van der Waals surface area contributed by atoms with Gasteiger partial charge in [-0.05, 0) is 24.6 Å². The first kappa shape index (κ1) is 19.3. The Kier molecular flexibility index (Phi) is 7.41. The highest BCUT2D eigenvalue weighted by Crippen LogP contribution is 2.21. The Hall–Kier alpha value is -1.70. The highest BCUT2D eigenvalue weighted by Gasteiger charge is 2.18. The number of carbonyl (C=O) groups is 1. The zero-order valence-electron chi connectivity index (χ0n) is 13.3. The Morgan fingerprint density at radius 1 is 1.39 bits per heavy atom. The molecule has 6 nitrogen and oxygen atoms in total. The third-order valence-corrected chi connectivity index (χ3v) is 4.23. The van der Waals surface area contributed by atoms with Crippen LogP contribution in [0.5, 0.6) is 5.75 Å². The molecule has 2 unspecified atom stereocenters. The normalized spacial score (nSPS) is 12.9. The topological polar surface area (TPSA) is 90.1 Å². The van der Waals surface area contributed by atoms with Crippen molar-refractivity contribution in [1.29, 1.82) is 0 Å². The number of aromatic nitrogens is 2. The van der Waals surface area contributed by atoms with E-state index < -0.39 is 0 Å². The summed E-state index contributed by atoms with van der Waals surface area (Å²) in [5.41, 5.74) is 6.80. The van der Waals surface area contributed by atoms with Gasteiger partial charge in [0.05, 0.1) is 13.0 Å². The number of hydrogen-bond donors (Lipinski definition) is 2. The maximum absolute atomic E-state index is 11.9. The van der Waals surface area contributed by atoms with Crippen molar-refractivity contribution >= 4 is 34.8 Å². The van der Waals surface area contributed by atoms with E-state index in [0.717, 1.165) is 16.3 Å². The molecule has 0 fully saturated rings. The van der Waals surface area contributed by atoms with Crippen molar-refractivity contribution in [3.8, 4) is 5.75 Å². The maximum Gasteiger partial charge on any atom is 0.230 e. The second-order valence-corrected chi connectivity index (χ2v) is 6.23. The van der Waals surface area contributed by atoms with E-state index >= 15 is 0 Å². The fourth-order valence-corrected chi connectivity index (χ4v) is 2.57. The van der Waals surface area contributed by atoms with Crippen LogP contribution in [0.1, 0.15) is 24.4 Å². The SMILES string of the molecule is COc1cccc(Cc2nnc(NC(=O)C(C)C(C)N)s2)c1.Cl. The molecule has 0 aliphatic rings. The fraction of sp³-hybridized carbons (Fsp3) is 0.400. The Morgan fingerprint density at radius 2 is 2.13 bits per heavy atom. The molecule has 0 bridgehead atoms. The van der Waals surface area contributed by atoms with Gasteiger partial charge in [0, 0.05) is 12.5 Å². The lowest BCUT2D eigenvalue weighted by Crippen LogP contribution is -2.34. The molecule has 3 N–H and O–H groups in total. The number of hydrogen-bond acceptors (Lipinski definition) is 6. The summed E-state index contributed by atoms with van der Waals surface area (Å²) >= 11 is 1.36. The molecule has 1 aromatic carbocycles. The van der Waals surface area contributed by atoms with Crippen LogP contribution in [0.15, 0.2) is 24.3 Å². The van der Waals surface area contributed by atoms with Crippen molar-refractivity contribution in [2.45, 2.75) is 26.3 Å². The maximum atomic E-state index is 11.9. The van der Waals surface area contributed by atoms with Gasteiger partial charge in [0.25, 0.3) is 0 Å². The Morgan fingerprint density at radius 3 is 2.78 bits per heavy atom. The summed E-state index contributed by atoms with van der Waals surface area (Å²) < 4.78 is 5.20. The molecule has 8 heteroatoms. The van der Waals surface area contributed by atoms with E-state index in [1.165, 1.54) is 11.3 Å².